The summed E-state index contributed by atoms with van der Waals surface area (Å²) in [7, 11) is 0. The highest BCUT2D eigenvalue weighted by molar-refractivity contribution is 6.33. The smallest absolute Gasteiger partial charge is 0.307 e. The maximum atomic E-state index is 14.0. The highest BCUT2D eigenvalue weighted by Crippen LogP contribution is 2.21. The molecule has 2 amide bonds. The van der Waals surface area contributed by atoms with Gasteiger partial charge in [0.25, 0.3) is 5.91 Å². The van der Waals surface area contributed by atoms with Crippen LogP contribution in [-0.2, 0) is 14.3 Å². The minimum Gasteiger partial charge on any atom is -0.466 e. The van der Waals surface area contributed by atoms with Crippen molar-refractivity contribution in [3.05, 3.63) is 34.6 Å². The second kappa shape index (κ2) is 10.7. The number of hydrogen-bond donors (Lipinski definition) is 1. The lowest BCUT2D eigenvalue weighted by Crippen LogP contribution is -2.36. The zero-order chi connectivity index (χ0) is 18.8. The van der Waals surface area contributed by atoms with Crippen molar-refractivity contribution < 1.29 is 23.5 Å². The third kappa shape index (κ3) is 7.09. The first-order chi connectivity index (χ1) is 11.9. The number of esters is 1. The Morgan fingerprint density at radius 2 is 2.00 bits per heavy atom. The molecule has 0 fully saturated rings. The van der Waals surface area contributed by atoms with E-state index in [1.807, 2.05) is 0 Å². The van der Waals surface area contributed by atoms with Gasteiger partial charge in [0, 0.05) is 26.6 Å². The molecule has 6 nitrogen and oxygen atoms in total. The minimum absolute atomic E-state index is 0.00740. The predicted octanol–water partition coefficient (Wildman–Crippen LogP) is 2.40. The first-order valence-corrected chi connectivity index (χ1v) is 8.38. The molecule has 0 radical (unpaired) electrons. The SMILES string of the molecule is CCOC(=O)CCN(CCCNC(C)=O)C(=O)c1c(F)cccc1Cl. The molecule has 1 aromatic rings. The predicted molar refractivity (Wildman–Crippen MR) is 91.9 cm³/mol. The van der Waals surface area contributed by atoms with E-state index in [-0.39, 0.29) is 42.6 Å². The van der Waals surface area contributed by atoms with Gasteiger partial charge in [0.15, 0.2) is 0 Å². The lowest BCUT2D eigenvalue weighted by molar-refractivity contribution is -0.143. The number of benzene rings is 1. The van der Waals surface area contributed by atoms with Crippen LogP contribution in [0.3, 0.4) is 0 Å². The average Bonchev–Trinajstić information content (AvgIpc) is 2.53. The normalized spacial score (nSPS) is 10.2. The van der Waals surface area contributed by atoms with Crippen molar-refractivity contribution in [2.75, 3.05) is 26.2 Å². The number of carbonyl (C=O) groups is 3. The Labute approximate surface area is 151 Å². The Morgan fingerprint density at radius 1 is 1.28 bits per heavy atom. The maximum absolute atomic E-state index is 14.0. The topological polar surface area (TPSA) is 75.7 Å². The number of ether oxygens (including phenoxy) is 1. The number of carbonyl (C=O) groups excluding carboxylic acids is 3. The van der Waals surface area contributed by atoms with Gasteiger partial charge in [-0.1, -0.05) is 17.7 Å². The van der Waals surface area contributed by atoms with Gasteiger partial charge in [0.1, 0.15) is 5.82 Å². The van der Waals surface area contributed by atoms with E-state index in [4.69, 9.17) is 16.3 Å². The molecule has 8 heteroatoms. The summed E-state index contributed by atoms with van der Waals surface area (Å²) in [6.07, 6.45) is 0.450. The number of hydrogen-bond acceptors (Lipinski definition) is 4. The van der Waals surface area contributed by atoms with E-state index in [1.54, 1.807) is 6.92 Å². The van der Waals surface area contributed by atoms with Crippen molar-refractivity contribution in [1.29, 1.82) is 0 Å². The van der Waals surface area contributed by atoms with E-state index in [0.29, 0.717) is 13.0 Å². The Morgan fingerprint density at radius 3 is 2.60 bits per heavy atom. The number of halogens is 2. The van der Waals surface area contributed by atoms with Crippen LogP contribution in [0, 0.1) is 5.82 Å². The van der Waals surface area contributed by atoms with Gasteiger partial charge in [0.05, 0.1) is 23.6 Å². The van der Waals surface area contributed by atoms with Crippen molar-refractivity contribution in [2.45, 2.75) is 26.7 Å². The van der Waals surface area contributed by atoms with Crippen LogP contribution in [0.25, 0.3) is 0 Å². The first kappa shape index (κ1) is 20.9. The van der Waals surface area contributed by atoms with Crippen LogP contribution in [0.15, 0.2) is 18.2 Å². The van der Waals surface area contributed by atoms with Gasteiger partial charge < -0.3 is 15.0 Å². The summed E-state index contributed by atoms with van der Waals surface area (Å²) in [5.41, 5.74) is -0.229. The van der Waals surface area contributed by atoms with Crippen molar-refractivity contribution in [1.82, 2.24) is 10.2 Å². The fourth-order valence-corrected chi connectivity index (χ4v) is 2.41. The third-order valence-electron chi connectivity index (χ3n) is 3.33. The van der Waals surface area contributed by atoms with E-state index in [9.17, 15) is 18.8 Å². The number of nitrogens with one attached hydrogen (secondary N) is 1. The average molecular weight is 373 g/mol. The second-order valence-corrected chi connectivity index (χ2v) is 5.69. The van der Waals surface area contributed by atoms with Gasteiger partial charge >= 0.3 is 5.97 Å². The van der Waals surface area contributed by atoms with Crippen LogP contribution >= 0.6 is 11.6 Å². The lowest BCUT2D eigenvalue weighted by atomic mass is 10.1. The molecule has 1 aromatic carbocycles. The summed E-state index contributed by atoms with van der Waals surface area (Å²) in [5, 5.41) is 2.63. The van der Waals surface area contributed by atoms with Crippen LogP contribution in [0.2, 0.25) is 5.02 Å². The fourth-order valence-electron chi connectivity index (χ4n) is 2.17. The van der Waals surface area contributed by atoms with Gasteiger partial charge in [-0.25, -0.2) is 4.39 Å². The molecule has 0 saturated carbocycles. The van der Waals surface area contributed by atoms with E-state index < -0.39 is 17.7 Å². The molecule has 0 unspecified atom stereocenters. The Balaban J connectivity index is 2.82. The molecule has 25 heavy (non-hydrogen) atoms. The molecule has 0 heterocycles. The van der Waals surface area contributed by atoms with Gasteiger partial charge in [-0.2, -0.15) is 0 Å². The number of rotatable bonds is 9. The Bertz CT molecular complexity index is 604. The molecule has 1 N–H and O–H groups in total. The summed E-state index contributed by atoms with van der Waals surface area (Å²) in [6, 6.07) is 3.99. The standard InChI is InChI=1S/C17H22ClFN2O4/c1-3-25-15(23)8-11-21(10-5-9-20-12(2)22)17(24)16-13(18)6-4-7-14(16)19/h4,6-7H,3,5,8-11H2,1-2H3,(H,20,22). The van der Waals surface area contributed by atoms with Crippen LogP contribution in [0.4, 0.5) is 4.39 Å². The third-order valence-corrected chi connectivity index (χ3v) is 3.65. The molecule has 0 bridgehead atoms. The van der Waals surface area contributed by atoms with E-state index >= 15 is 0 Å². The maximum Gasteiger partial charge on any atom is 0.307 e. The quantitative estimate of drug-likeness (QED) is 0.533. The summed E-state index contributed by atoms with van der Waals surface area (Å²) in [4.78, 5) is 36.4. The Kier molecular flexibility index (Phi) is 8.91. The fraction of sp³-hybridized carbons (Fsp3) is 0.471. The van der Waals surface area contributed by atoms with Crippen molar-refractivity contribution in [2.24, 2.45) is 0 Å². The highest BCUT2D eigenvalue weighted by Gasteiger charge is 2.22. The molecule has 0 saturated heterocycles. The van der Waals surface area contributed by atoms with Gasteiger partial charge in [-0.05, 0) is 25.5 Å². The van der Waals surface area contributed by atoms with Crippen molar-refractivity contribution in [3.8, 4) is 0 Å². The number of nitrogens with zero attached hydrogens (tertiary/aromatic N) is 1. The zero-order valence-corrected chi connectivity index (χ0v) is 15.1. The molecule has 0 aliphatic rings. The summed E-state index contributed by atoms with van der Waals surface area (Å²) in [5.74, 6) is -1.95. The summed E-state index contributed by atoms with van der Waals surface area (Å²) >= 11 is 5.95. The molecule has 0 aromatic heterocycles. The van der Waals surface area contributed by atoms with E-state index in [0.717, 1.165) is 6.07 Å². The molecular weight excluding hydrogens is 351 g/mol. The summed E-state index contributed by atoms with van der Waals surface area (Å²) in [6.45, 7) is 4.00. The molecule has 0 aliphatic heterocycles. The van der Waals surface area contributed by atoms with E-state index in [1.165, 1.54) is 24.0 Å². The molecule has 138 valence electrons. The monoisotopic (exact) mass is 372 g/mol. The van der Waals surface area contributed by atoms with Gasteiger partial charge in [0.2, 0.25) is 5.91 Å². The minimum atomic E-state index is -0.722. The van der Waals surface area contributed by atoms with Crippen LogP contribution in [0.5, 0.6) is 0 Å². The number of amides is 2. The van der Waals surface area contributed by atoms with Crippen molar-refractivity contribution in [3.63, 3.8) is 0 Å². The molecule has 1 rings (SSSR count). The first-order valence-electron chi connectivity index (χ1n) is 8.00. The Hall–Kier alpha value is -2.15. The molecule has 0 spiro atoms. The van der Waals surface area contributed by atoms with Crippen LogP contribution in [-0.4, -0.2) is 48.9 Å². The molecule has 0 atom stereocenters. The van der Waals surface area contributed by atoms with Crippen LogP contribution < -0.4 is 5.32 Å². The zero-order valence-electron chi connectivity index (χ0n) is 14.3. The van der Waals surface area contributed by atoms with Gasteiger partial charge in [-0.3, -0.25) is 14.4 Å². The van der Waals surface area contributed by atoms with Crippen molar-refractivity contribution >= 4 is 29.4 Å². The lowest BCUT2D eigenvalue weighted by Gasteiger charge is -2.23. The largest absolute Gasteiger partial charge is 0.466 e. The summed E-state index contributed by atoms with van der Waals surface area (Å²) < 4.78 is 18.8. The molecule has 0 aliphatic carbocycles. The second-order valence-electron chi connectivity index (χ2n) is 5.28. The highest BCUT2D eigenvalue weighted by atomic mass is 35.5. The molecular formula is C17H22ClFN2O4. The van der Waals surface area contributed by atoms with Gasteiger partial charge in [-0.15, -0.1) is 0 Å². The van der Waals surface area contributed by atoms with E-state index in [2.05, 4.69) is 5.32 Å². The van der Waals surface area contributed by atoms with Crippen LogP contribution in [0.1, 0.15) is 37.0 Å².